The van der Waals surface area contributed by atoms with Crippen molar-refractivity contribution in [1.82, 2.24) is 4.98 Å². The monoisotopic (exact) mass is 297 g/mol. The molecule has 0 saturated carbocycles. The fourth-order valence-corrected chi connectivity index (χ4v) is 1.24. The van der Waals surface area contributed by atoms with Crippen molar-refractivity contribution in [2.45, 2.75) is 32.5 Å². The van der Waals surface area contributed by atoms with Crippen molar-refractivity contribution in [1.29, 1.82) is 0 Å². The van der Waals surface area contributed by atoms with Crippen LogP contribution in [0.3, 0.4) is 0 Å². The summed E-state index contributed by atoms with van der Waals surface area (Å²) in [4.78, 5) is 37.2. The van der Waals surface area contributed by atoms with Crippen LogP contribution in [0.4, 0.5) is 0 Å². The highest BCUT2D eigenvalue weighted by molar-refractivity contribution is 5.91. The Bertz CT molecular complexity index is 468. The topological polar surface area (TPSA) is 84.0 Å². The highest BCUT2D eigenvalue weighted by Crippen LogP contribution is 2.10. The summed E-state index contributed by atoms with van der Waals surface area (Å²) in [5.41, 5.74) is -0.272. The van der Waals surface area contributed by atoms with Crippen molar-refractivity contribution in [3.8, 4) is 0 Å². The SMILES string of the molecule is COC(=O)[C@@H](COOC(C)(C)C)OC(=O)c1ccncc1. The number of hydrogen-bond donors (Lipinski definition) is 0. The van der Waals surface area contributed by atoms with E-state index >= 15 is 0 Å². The number of methoxy groups -OCH3 is 1. The first-order valence-electron chi connectivity index (χ1n) is 6.33. The van der Waals surface area contributed by atoms with Gasteiger partial charge in [0.15, 0.2) is 0 Å². The first-order valence-corrected chi connectivity index (χ1v) is 6.33. The number of pyridine rings is 1. The van der Waals surface area contributed by atoms with Crippen LogP contribution in [0.5, 0.6) is 0 Å². The van der Waals surface area contributed by atoms with Gasteiger partial charge >= 0.3 is 11.9 Å². The van der Waals surface area contributed by atoms with Crippen LogP contribution < -0.4 is 0 Å². The predicted octanol–water partition coefficient (Wildman–Crippen LogP) is 1.53. The molecule has 1 heterocycles. The number of ether oxygens (including phenoxy) is 2. The van der Waals surface area contributed by atoms with Crippen molar-refractivity contribution in [3.63, 3.8) is 0 Å². The zero-order valence-electron chi connectivity index (χ0n) is 12.5. The number of nitrogens with zero attached hydrogens (tertiary/aromatic N) is 1. The fraction of sp³-hybridized carbons (Fsp3) is 0.500. The number of carbonyl (C=O) groups is 2. The third-order valence-corrected chi connectivity index (χ3v) is 2.16. The molecule has 0 saturated heterocycles. The van der Waals surface area contributed by atoms with Crippen LogP contribution >= 0.6 is 0 Å². The van der Waals surface area contributed by atoms with Crippen LogP contribution in [-0.2, 0) is 24.0 Å². The number of aromatic nitrogens is 1. The fourth-order valence-electron chi connectivity index (χ4n) is 1.24. The van der Waals surface area contributed by atoms with Crippen LogP contribution in [0.15, 0.2) is 24.5 Å². The van der Waals surface area contributed by atoms with Gasteiger partial charge in [-0.25, -0.2) is 19.4 Å². The molecule has 7 nitrogen and oxygen atoms in total. The van der Waals surface area contributed by atoms with E-state index in [2.05, 4.69) is 9.72 Å². The van der Waals surface area contributed by atoms with Gasteiger partial charge < -0.3 is 9.47 Å². The molecule has 1 atom stereocenters. The lowest BCUT2D eigenvalue weighted by atomic mass is 10.2. The van der Waals surface area contributed by atoms with Gasteiger partial charge in [0.1, 0.15) is 6.61 Å². The van der Waals surface area contributed by atoms with Gasteiger partial charge in [-0.05, 0) is 32.9 Å². The number of esters is 2. The molecule has 0 unspecified atom stereocenters. The van der Waals surface area contributed by atoms with E-state index in [4.69, 9.17) is 14.5 Å². The molecule has 0 fully saturated rings. The van der Waals surface area contributed by atoms with Gasteiger partial charge in [0.05, 0.1) is 18.3 Å². The molecule has 0 spiro atoms. The maximum Gasteiger partial charge on any atom is 0.349 e. The van der Waals surface area contributed by atoms with Crippen molar-refractivity contribution in [2.75, 3.05) is 13.7 Å². The molecule has 0 N–H and O–H groups in total. The molecule has 116 valence electrons. The molecule has 0 aromatic carbocycles. The van der Waals surface area contributed by atoms with Gasteiger partial charge in [0.25, 0.3) is 0 Å². The minimum Gasteiger partial charge on any atom is -0.466 e. The quantitative estimate of drug-likeness (QED) is 0.447. The first-order chi connectivity index (χ1) is 9.83. The van der Waals surface area contributed by atoms with E-state index in [9.17, 15) is 9.59 Å². The summed E-state index contributed by atoms with van der Waals surface area (Å²) >= 11 is 0. The lowest BCUT2D eigenvalue weighted by molar-refractivity contribution is -0.354. The molecule has 0 aliphatic carbocycles. The van der Waals surface area contributed by atoms with Gasteiger partial charge in [0.2, 0.25) is 6.10 Å². The van der Waals surface area contributed by atoms with E-state index in [1.54, 1.807) is 20.8 Å². The van der Waals surface area contributed by atoms with Gasteiger partial charge in [0, 0.05) is 12.4 Å². The first kappa shape index (κ1) is 17.1. The van der Waals surface area contributed by atoms with Crippen LogP contribution in [0.25, 0.3) is 0 Å². The standard InChI is InChI=1S/C14H19NO6/c1-14(2,3)21-19-9-11(13(17)18-4)20-12(16)10-5-7-15-8-6-10/h5-8,11H,9H2,1-4H3/t11-/m1/s1. The molecule has 0 aliphatic heterocycles. The Kier molecular flexibility index (Phi) is 6.26. The molecular weight excluding hydrogens is 278 g/mol. The second-order valence-corrected chi connectivity index (χ2v) is 5.13. The molecule has 1 aromatic rings. The van der Waals surface area contributed by atoms with Gasteiger partial charge in [-0.15, -0.1) is 0 Å². The van der Waals surface area contributed by atoms with E-state index in [1.165, 1.54) is 31.6 Å². The lowest BCUT2D eigenvalue weighted by Gasteiger charge is -2.20. The lowest BCUT2D eigenvalue weighted by Crippen LogP contribution is -2.34. The van der Waals surface area contributed by atoms with E-state index in [-0.39, 0.29) is 12.2 Å². The average molecular weight is 297 g/mol. The number of rotatable bonds is 6. The van der Waals surface area contributed by atoms with Crippen LogP contribution in [0, 0.1) is 0 Å². The molecular formula is C14H19NO6. The summed E-state index contributed by atoms with van der Waals surface area (Å²) in [6, 6.07) is 2.95. The van der Waals surface area contributed by atoms with Crippen molar-refractivity contribution in [3.05, 3.63) is 30.1 Å². The van der Waals surface area contributed by atoms with E-state index in [1.807, 2.05) is 0 Å². The van der Waals surface area contributed by atoms with Crippen LogP contribution in [-0.4, -0.2) is 42.3 Å². The van der Waals surface area contributed by atoms with Crippen LogP contribution in [0.2, 0.25) is 0 Å². The van der Waals surface area contributed by atoms with Crippen LogP contribution in [0.1, 0.15) is 31.1 Å². The maximum absolute atomic E-state index is 11.9. The third-order valence-electron chi connectivity index (χ3n) is 2.16. The van der Waals surface area contributed by atoms with E-state index in [0.29, 0.717) is 0 Å². The minimum atomic E-state index is -1.21. The molecule has 1 rings (SSSR count). The normalized spacial score (nSPS) is 12.6. The number of carbonyl (C=O) groups excluding carboxylic acids is 2. The average Bonchev–Trinajstić information content (AvgIpc) is 2.45. The summed E-state index contributed by atoms with van der Waals surface area (Å²) < 4.78 is 9.63. The van der Waals surface area contributed by atoms with Crippen molar-refractivity contribution >= 4 is 11.9 Å². The van der Waals surface area contributed by atoms with E-state index in [0.717, 1.165) is 0 Å². The Balaban J connectivity index is 2.62. The minimum absolute atomic E-state index is 0.263. The summed E-state index contributed by atoms with van der Waals surface area (Å²) in [5.74, 6) is -1.40. The maximum atomic E-state index is 11.9. The highest BCUT2D eigenvalue weighted by Gasteiger charge is 2.26. The molecule has 0 aliphatic rings. The Morgan fingerprint density at radius 1 is 1.24 bits per heavy atom. The molecule has 7 heteroatoms. The zero-order valence-corrected chi connectivity index (χ0v) is 12.5. The second kappa shape index (κ2) is 7.70. The Morgan fingerprint density at radius 2 is 1.86 bits per heavy atom. The van der Waals surface area contributed by atoms with Gasteiger partial charge in [-0.3, -0.25) is 4.98 Å². The smallest absolute Gasteiger partial charge is 0.349 e. The Labute approximate surface area is 123 Å². The van der Waals surface area contributed by atoms with Crippen molar-refractivity contribution in [2.24, 2.45) is 0 Å². The van der Waals surface area contributed by atoms with Gasteiger partial charge in [-0.2, -0.15) is 0 Å². The van der Waals surface area contributed by atoms with Crippen molar-refractivity contribution < 1.29 is 28.8 Å². The van der Waals surface area contributed by atoms with E-state index < -0.39 is 23.6 Å². The predicted molar refractivity (Wildman–Crippen MR) is 72.2 cm³/mol. The Morgan fingerprint density at radius 3 is 2.38 bits per heavy atom. The second-order valence-electron chi connectivity index (χ2n) is 5.13. The Hall–Kier alpha value is -1.99. The molecule has 0 radical (unpaired) electrons. The van der Waals surface area contributed by atoms with Gasteiger partial charge in [-0.1, -0.05) is 0 Å². The third kappa shape index (κ3) is 6.33. The summed E-state index contributed by atoms with van der Waals surface area (Å²) in [6.07, 6.45) is 1.68. The summed E-state index contributed by atoms with van der Waals surface area (Å²) in [7, 11) is 1.19. The molecule has 0 bridgehead atoms. The number of hydrogen-bond acceptors (Lipinski definition) is 7. The largest absolute Gasteiger partial charge is 0.466 e. The molecule has 0 amide bonds. The summed E-state index contributed by atoms with van der Waals surface area (Å²) in [5, 5.41) is 0. The summed E-state index contributed by atoms with van der Waals surface area (Å²) in [6.45, 7) is 5.08. The molecule has 1 aromatic heterocycles. The molecule has 21 heavy (non-hydrogen) atoms. The highest BCUT2D eigenvalue weighted by atomic mass is 17.2. The zero-order chi connectivity index (χ0) is 15.9.